The van der Waals surface area contributed by atoms with Crippen LogP contribution in [0.3, 0.4) is 0 Å². The molecule has 1 aliphatic rings. The largest absolute Gasteiger partial charge is 0.459 e. The van der Waals surface area contributed by atoms with Gasteiger partial charge in [0.25, 0.3) is 17.4 Å². The Bertz CT molecular complexity index is 1040. The molecular formula is C20H19N3O4. The number of aromatic nitrogens is 1. The van der Waals surface area contributed by atoms with Gasteiger partial charge < -0.3 is 19.6 Å². The lowest BCUT2D eigenvalue weighted by atomic mass is 10.0. The van der Waals surface area contributed by atoms with Crippen LogP contribution in [0.15, 0.2) is 58.1 Å². The lowest BCUT2D eigenvalue weighted by Crippen LogP contribution is -2.49. The third-order valence-corrected chi connectivity index (χ3v) is 4.83. The van der Waals surface area contributed by atoms with Gasteiger partial charge in [-0.3, -0.25) is 14.4 Å². The second-order valence-corrected chi connectivity index (χ2v) is 6.62. The van der Waals surface area contributed by atoms with Gasteiger partial charge in [0, 0.05) is 36.1 Å². The maximum absolute atomic E-state index is 12.8. The van der Waals surface area contributed by atoms with Crippen molar-refractivity contribution < 1.29 is 14.0 Å². The monoisotopic (exact) mass is 365 g/mol. The zero-order valence-electron chi connectivity index (χ0n) is 14.6. The van der Waals surface area contributed by atoms with Gasteiger partial charge in [0.2, 0.25) is 0 Å². The van der Waals surface area contributed by atoms with Gasteiger partial charge in [0.15, 0.2) is 5.76 Å². The van der Waals surface area contributed by atoms with E-state index >= 15 is 0 Å². The first-order valence-corrected chi connectivity index (χ1v) is 8.87. The van der Waals surface area contributed by atoms with Crippen LogP contribution < -0.4 is 10.9 Å². The van der Waals surface area contributed by atoms with E-state index in [0.29, 0.717) is 35.2 Å². The third-order valence-electron chi connectivity index (χ3n) is 4.83. The number of benzene rings is 1. The van der Waals surface area contributed by atoms with Crippen molar-refractivity contribution in [2.24, 2.45) is 0 Å². The Balaban J connectivity index is 1.51. The number of carbonyl (C=O) groups is 2. The molecule has 1 fully saturated rings. The Hall–Kier alpha value is -3.35. The number of likely N-dealkylation sites (tertiary alicyclic amines) is 1. The number of carbonyl (C=O) groups excluding carboxylic acids is 2. The molecule has 27 heavy (non-hydrogen) atoms. The molecule has 2 amide bonds. The molecule has 1 atom stereocenters. The van der Waals surface area contributed by atoms with E-state index in [9.17, 15) is 14.4 Å². The van der Waals surface area contributed by atoms with Crippen LogP contribution in [0.4, 0.5) is 0 Å². The number of piperidine rings is 1. The Kier molecular flexibility index (Phi) is 4.50. The number of pyridine rings is 1. The predicted octanol–water partition coefficient (Wildman–Crippen LogP) is 2.16. The molecule has 138 valence electrons. The summed E-state index contributed by atoms with van der Waals surface area (Å²) in [5.74, 6) is -0.137. The molecule has 1 saturated heterocycles. The van der Waals surface area contributed by atoms with Gasteiger partial charge in [-0.15, -0.1) is 0 Å². The Labute approximate surface area is 155 Å². The fourth-order valence-corrected chi connectivity index (χ4v) is 3.50. The molecule has 0 saturated carbocycles. The highest BCUT2D eigenvalue weighted by molar-refractivity contribution is 6.06. The van der Waals surface area contributed by atoms with Crippen molar-refractivity contribution in [3.8, 4) is 0 Å². The zero-order chi connectivity index (χ0) is 18.8. The Morgan fingerprint density at radius 2 is 1.96 bits per heavy atom. The van der Waals surface area contributed by atoms with Crippen LogP contribution in [0.5, 0.6) is 0 Å². The van der Waals surface area contributed by atoms with Crippen molar-refractivity contribution in [1.82, 2.24) is 15.2 Å². The minimum atomic E-state index is -0.264. The van der Waals surface area contributed by atoms with Crippen LogP contribution in [-0.2, 0) is 0 Å². The number of fused-ring (bicyclic) bond motifs is 1. The molecule has 3 heterocycles. The average molecular weight is 365 g/mol. The molecule has 2 aromatic heterocycles. The SMILES string of the molecule is O=C(N[C@H]1CCCN(C(=O)c2ccco2)C1)c1c[nH]c(=O)c2ccccc12. The molecule has 4 rings (SSSR count). The fourth-order valence-electron chi connectivity index (χ4n) is 3.50. The maximum atomic E-state index is 12.8. The number of furan rings is 1. The van der Waals surface area contributed by atoms with Crippen LogP contribution in [0, 0.1) is 0 Å². The highest BCUT2D eigenvalue weighted by Crippen LogP contribution is 2.17. The van der Waals surface area contributed by atoms with Crippen LogP contribution in [0.25, 0.3) is 10.8 Å². The summed E-state index contributed by atoms with van der Waals surface area (Å²) in [7, 11) is 0. The summed E-state index contributed by atoms with van der Waals surface area (Å²) in [6.07, 6.45) is 4.49. The molecule has 0 bridgehead atoms. The molecule has 2 N–H and O–H groups in total. The summed E-state index contributed by atoms with van der Waals surface area (Å²) in [5.41, 5.74) is 0.190. The van der Waals surface area contributed by atoms with E-state index in [1.807, 2.05) is 0 Å². The topological polar surface area (TPSA) is 95.4 Å². The summed E-state index contributed by atoms with van der Waals surface area (Å²) in [6, 6.07) is 10.2. The normalized spacial score (nSPS) is 17.0. The minimum absolute atomic E-state index is 0.157. The predicted molar refractivity (Wildman–Crippen MR) is 99.7 cm³/mol. The van der Waals surface area contributed by atoms with E-state index in [2.05, 4.69) is 10.3 Å². The van der Waals surface area contributed by atoms with Crippen molar-refractivity contribution in [2.75, 3.05) is 13.1 Å². The number of hydrogen-bond acceptors (Lipinski definition) is 4. The number of H-pyrrole nitrogens is 1. The summed E-state index contributed by atoms with van der Waals surface area (Å²) in [6.45, 7) is 1.06. The first kappa shape index (κ1) is 17.1. The van der Waals surface area contributed by atoms with E-state index in [0.717, 1.165) is 12.8 Å². The first-order valence-electron chi connectivity index (χ1n) is 8.87. The smallest absolute Gasteiger partial charge is 0.289 e. The van der Waals surface area contributed by atoms with Crippen molar-refractivity contribution >= 4 is 22.6 Å². The zero-order valence-corrected chi connectivity index (χ0v) is 14.6. The van der Waals surface area contributed by atoms with Gasteiger partial charge in [0.05, 0.1) is 11.8 Å². The highest BCUT2D eigenvalue weighted by Gasteiger charge is 2.27. The van der Waals surface area contributed by atoms with Gasteiger partial charge in [-0.2, -0.15) is 0 Å². The lowest BCUT2D eigenvalue weighted by Gasteiger charge is -2.32. The number of amides is 2. The van der Waals surface area contributed by atoms with Crippen molar-refractivity contribution in [3.05, 3.63) is 70.5 Å². The third kappa shape index (κ3) is 3.36. The number of nitrogens with one attached hydrogen (secondary N) is 2. The number of hydrogen-bond donors (Lipinski definition) is 2. The molecule has 1 aromatic carbocycles. The number of aromatic amines is 1. The van der Waals surface area contributed by atoms with Crippen molar-refractivity contribution in [1.29, 1.82) is 0 Å². The molecule has 1 aliphatic heterocycles. The molecule has 0 radical (unpaired) electrons. The molecular weight excluding hydrogens is 346 g/mol. The summed E-state index contributed by atoms with van der Waals surface area (Å²) in [4.78, 5) is 41.5. The summed E-state index contributed by atoms with van der Waals surface area (Å²) >= 11 is 0. The number of nitrogens with zero attached hydrogens (tertiary/aromatic N) is 1. The molecule has 3 aromatic rings. The molecule has 0 unspecified atom stereocenters. The van der Waals surface area contributed by atoms with Gasteiger partial charge in [-0.1, -0.05) is 18.2 Å². The molecule has 0 aliphatic carbocycles. The van der Waals surface area contributed by atoms with E-state index in [1.165, 1.54) is 12.5 Å². The second-order valence-electron chi connectivity index (χ2n) is 6.62. The summed E-state index contributed by atoms with van der Waals surface area (Å²) in [5, 5.41) is 4.08. The standard InChI is InChI=1S/C20H19N3O4/c24-18-15-7-2-1-6-14(15)16(11-21-18)19(25)22-13-5-3-9-23(12-13)20(26)17-8-4-10-27-17/h1-2,4,6-8,10-11,13H,3,5,9,12H2,(H,21,24)(H,22,25)/t13-/m0/s1. The van der Waals surface area contributed by atoms with Crippen molar-refractivity contribution in [3.63, 3.8) is 0 Å². The second kappa shape index (κ2) is 7.11. The first-order chi connectivity index (χ1) is 13.1. The quantitative estimate of drug-likeness (QED) is 0.743. The summed E-state index contributed by atoms with van der Waals surface area (Å²) < 4.78 is 5.18. The van der Waals surface area contributed by atoms with E-state index < -0.39 is 0 Å². The van der Waals surface area contributed by atoms with E-state index in [-0.39, 0.29) is 23.4 Å². The maximum Gasteiger partial charge on any atom is 0.289 e. The lowest BCUT2D eigenvalue weighted by molar-refractivity contribution is 0.0647. The van der Waals surface area contributed by atoms with E-state index in [1.54, 1.807) is 41.3 Å². The molecule has 7 heteroatoms. The van der Waals surface area contributed by atoms with Gasteiger partial charge in [0.1, 0.15) is 0 Å². The van der Waals surface area contributed by atoms with Gasteiger partial charge >= 0.3 is 0 Å². The van der Waals surface area contributed by atoms with Crippen molar-refractivity contribution in [2.45, 2.75) is 18.9 Å². The van der Waals surface area contributed by atoms with E-state index in [4.69, 9.17) is 4.42 Å². The highest BCUT2D eigenvalue weighted by atomic mass is 16.3. The Morgan fingerprint density at radius 3 is 2.74 bits per heavy atom. The average Bonchev–Trinajstić information content (AvgIpc) is 3.23. The Morgan fingerprint density at radius 1 is 1.15 bits per heavy atom. The molecule has 0 spiro atoms. The van der Waals surface area contributed by atoms with Crippen LogP contribution in [-0.4, -0.2) is 40.8 Å². The molecule has 7 nitrogen and oxygen atoms in total. The van der Waals surface area contributed by atoms with Gasteiger partial charge in [-0.05, 0) is 31.0 Å². The fraction of sp³-hybridized carbons (Fsp3) is 0.250. The number of rotatable bonds is 3. The van der Waals surface area contributed by atoms with Crippen LogP contribution >= 0.6 is 0 Å². The van der Waals surface area contributed by atoms with Crippen LogP contribution in [0.2, 0.25) is 0 Å². The van der Waals surface area contributed by atoms with Gasteiger partial charge in [-0.25, -0.2) is 0 Å². The van der Waals surface area contributed by atoms with Crippen LogP contribution in [0.1, 0.15) is 33.8 Å². The minimum Gasteiger partial charge on any atom is -0.459 e.